The lowest BCUT2D eigenvalue weighted by atomic mass is 9.90. The SMILES string of the molecule is c1ccc([C@H]2Oc3ccccc3-c3ccccc32)cc1. The molecule has 0 radical (unpaired) electrons. The number of rotatable bonds is 1. The van der Waals surface area contributed by atoms with E-state index in [1.54, 1.807) is 0 Å². The van der Waals surface area contributed by atoms with E-state index >= 15 is 0 Å². The molecule has 0 fully saturated rings. The average Bonchev–Trinajstić information content (AvgIpc) is 2.55. The number of fused-ring (bicyclic) bond motifs is 3. The van der Waals surface area contributed by atoms with Crippen molar-refractivity contribution in [2.24, 2.45) is 0 Å². The first-order valence-corrected chi connectivity index (χ1v) is 6.83. The summed E-state index contributed by atoms with van der Waals surface area (Å²) in [4.78, 5) is 0. The summed E-state index contributed by atoms with van der Waals surface area (Å²) >= 11 is 0. The van der Waals surface area contributed by atoms with E-state index in [0.717, 1.165) is 5.75 Å². The van der Waals surface area contributed by atoms with E-state index < -0.39 is 0 Å². The van der Waals surface area contributed by atoms with Crippen LogP contribution in [0.5, 0.6) is 5.75 Å². The summed E-state index contributed by atoms with van der Waals surface area (Å²) in [5, 5.41) is 0. The lowest BCUT2D eigenvalue weighted by molar-refractivity contribution is 0.243. The number of ether oxygens (including phenoxy) is 1. The van der Waals surface area contributed by atoms with Crippen molar-refractivity contribution in [3.8, 4) is 16.9 Å². The van der Waals surface area contributed by atoms with Crippen LogP contribution in [-0.2, 0) is 0 Å². The monoisotopic (exact) mass is 258 g/mol. The molecule has 1 aliphatic heterocycles. The maximum Gasteiger partial charge on any atom is 0.149 e. The molecule has 3 aromatic rings. The zero-order valence-corrected chi connectivity index (χ0v) is 11.0. The van der Waals surface area contributed by atoms with Gasteiger partial charge in [-0.2, -0.15) is 0 Å². The van der Waals surface area contributed by atoms with Crippen LogP contribution in [0.2, 0.25) is 0 Å². The van der Waals surface area contributed by atoms with Gasteiger partial charge < -0.3 is 4.74 Å². The number of hydrogen-bond donors (Lipinski definition) is 0. The van der Waals surface area contributed by atoms with Crippen molar-refractivity contribution in [3.05, 3.63) is 90.0 Å². The molecule has 0 aliphatic carbocycles. The molecule has 96 valence electrons. The molecule has 1 aliphatic rings. The van der Waals surface area contributed by atoms with Crippen molar-refractivity contribution in [1.29, 1.82) is 0 Å². The fourth-order valence-corrected chi connectivity index (χ4v) is 2.83. The Morgan fingerprint density at radius 1 is 0.600 bits per heavy atom. The Hall–Kier alpha value is -2.54. The third kappa shape index (κ3) is 1.71. The smallest absolute Gasteiger partial charge is 0.149 e. The van der Waals surface area contributed by atoms with Crippen LogP contribution < -0.4 is 4.74 Å². The Balaban J connectivity index is 1.93. The van der Waals surface area contributed by atoms with Gasteiger partial charge in [-0.25, -0.2) is 0 Å². The molecule has 0 aromatic heterocycles. The topological polar surface area (TPSA) is 9.23 Å². The highest BCUT2D eigenvalue weighted by Crippen LogP contribution is 2.44. The van der Waals surface area contributed by atoms with Gasteiger partial charge in [0.25, 0.3) is 0 Å². The first-order chi connectivity index (χ1) is 9.93. The van der Waals surface area contributed by atoms with Gasteiger partial charge in [-0.3, -0.25) is 0 Å². The van der Waals surface area contributed by atoms with Gasteiger partial charge >= 0.3 is 0 Å². The van der Waals surface area contributed by atoms with Crippen molar-refractivity contribution in [3.63, 3.8) is 0 Å². The van der Waals surface area contributed by atoms with Gasteiger partial charge in [0.1, 0.15) is 11.9 Å². The summed E-state index contributed by atoms with van der Waals surface area (Å²) in [5.41, 5.74) is 4.87. The fraction of sp³-hybridized carbons (Fsp3) is 0.0526. The minimum Gasteiger partial charge on any atom is -0.480 e. The average molecular weight is 258 g/mol. The molecule has 0 amide bonds. The minimum atomic E-state index is -0.0256. The fourth-order valence-electron chi connectivity index (χ4n) is 2.83. The van der Waals surface area contributed by atoms with Crippen molar-refractivity contribution >= 4 is 0 Å². The largest absolute Gasteiger partial charge is 0.480 e. The second-order valence-electron chi connectivity index (χ2n) is 4.99. The zero-order valence-electron chi connectivity index (χ0n) is 11.0. The zero-order chi connectivity index (χ0) is 13.4. The summed E-state index contributed by atoms with van der Waals surface area (Å²) in [6.07, 6.45) is -0.0256. The Kier molecular flexibility index (Phi) is 2.56. The Morgan fingerprint density at radius 2 is 1.25 bits per heavy atom. The van der Waals surface area contributed by atoms with Gasteiger partial charge in [0.15, 0.2) is 0 Å². The molecule has 20 heavy (non-hydrogen) atoms. The highest BCUT2D eigenvalue weighted by Gasteiger charge is 2.26. The second-order valence-corrected chi connectivity index (χ2v) is 4.99. The van der Waals surface area contributed by atoms with E-state index in [-0.39, 0.29) is 6.10 Å². The lowest BCUT2D eigenvalue weighted by Crippen LogP contribution is -2.15. The Morgan fingerprint density at radius 3 is 2.10 bits per heavy atom. The van der Waals surface area contributed by atoms with E-state index in [2.05, 4.69) is 60.7 Å². The maximum atomic E-state index is 6.24. The van der Waals surface area contributed by atoms with Gasteiger partial charge in [-0.1, -0.05) is 72.8 Å². The predicted molar refractivity (Wildman–Crippen MR) is 80.8 cm³/mol. The molecule has 0 unspecified atom stereocenters. The molecule has 1 heterocycles. The highest BCUT2D eigenvalue weighted by atomic mass is 16.5. The van der Waals surface area contributed by atoms with Crippen molar-refractivity contribution < 1.29 is 4.74 Å². The summed E-state index contributed by atoms with van der Waals surface area (Å²) in [6.45, 7) is 0. The van der Waals surface area contributed by atoms with E-state index in [0.29, 0.717) is 0 Å². The normalized spacial score (nSPS) is 15.9. The Bertz CT molecular complexity index is 746. The molecule has 0 saturated heterocycles. The molecule has 3 aromatic carbocycles. The van der Waals surface area contributed by atoms with Crippen LogP contribution in [0, 0.1) is 0 Å². The first kappa shape index (κ1) is 11.3. The number of hydrogen-bond acceptors (Lipinski definition) is 1. The van der Waals surface area contributed by atoms with Crippen molar-refractivity contribution in [2.45, 2.75) is 6.10 Å². The molecular weight excluding hydrogens is 244 g/mol. The van der Waals surface area contributed by atoms with Crippen LogP contribution in [0.3, 0.4) is 0 Å². The summed E-state index contributed by atoms with van der Waals surface area (Å²) < 4.78 is 6.24. The quantitative estimate of drug-likeness (QED) is 0.607. The van der Waals surface area contributed by atoms with Gasteiger partial charge in [0, 0.05) is 11.1 Å². The minimum absolute atomic E-state index is 0.0256. The Labute approximate surface area is 118 Å². The van der Waals surface area contributed by atoms with Crippen molar-refractivity contribution in [1.82, 2.24) is 0 Å². The molecule has 1 heteroatoms. The highest BCUT2D eigenvalue weighted by molar-refractivity contribution is 5.76. The standard InChI is InChI=1S/C19H14O/c1-2-8-14(9-3-1)19-17-12-5-4-10-15(17)16-11-6-7-13-18(16)20-19/h1-13,19H/t19-/m1/s1. The number of benzene rings is 3. The molecule has 0 bridgehead atoms. The van der Waals surface area contributed by atoms with Gasteiger partial charge in [0.2, 0.25) is 0 Å². The molecule has 4 rings (SSSR count). The molecule has 0 saturated carbocycles. The number of para-hydroxylation sites is 1. The first-order valence-electron chi connectivity index (χ1n) is 6.83. The van der Waals surface area contributed by atoms with Gasteiger partial charge in [-0.15, -0.1) is 0 Å². The summed E-state index contributed by atoms with van der Waals surface area (Å²) in [6, 6.07) is 27.1. The van der Waals surface area contributed by atoms with E-state index in [9.17, 15) is 0 Å². The van der Waals surface area contributed by atoms with Crippen LogP contribution in [0.15, 0.2) is 78.9 Å². The molecule has 0 N–H and O–H groups in total. The van der Waals surface area contributed by atoms with E-state index in [1.165, 1.54) is 22.3 Å². The third-order valence-corrected chi connectivity index (χ3v) is 3.77. The molecular formula is C19H14O. The predicted octanol–water partition coefficient (Wildman–Crippen LogP) is 4.84. The van der Waals surface area contributed by atoms with Gasteiger partial charge in [-0.05, 0) is 17.2 Å². The van der Waals surface area contributed by atoms with Crippen LogP contribution in [-0.4, -0.2) is 0 Å². The van der Waals surface area contributed by atoms with Crippen molar-refractivity contribution in [2.75, 3.05) is 0 Å². The van der Waals surface area contributed by atoms with Gasteiger partial charge in [0.05, 0.1) is 0 Å². The van der Waals surface area contributed by atoms with E-state index in [4.69, 9.17) is 4.74 Å². The lowest BCUT2D eigenvalue weighted by Gasteiger charge is -2.29. The molecule has 1 nitrogen and oxygen atoms in total. The van der Waals surface area contributed by atoms with Crippen LogP contribution in [0.4, 0.5) is 0 Å². The summed E-state index contributed by atoms with van der Waals surface area (Å²) in [5.74, 6) is 0.958. The van der Waals surface area contributed by atoms with Crippen LogP contribution >= 0.6 is 0 Å². The molecule has 0 spiro atoms. The molecule has 1 atom stereocenters. The maximum absolute atomic E-state index is 6.24. The van der Waals surface area contributed by atoms with E-state index in [1.807, 2.05) is 18.2 Å². The van der Waals surface area contributed by atoms with Crippen LogP contribution in [0.1, 0.15) is 17.2 Å². The van der Waals surface area contributed by atoms with Crippen LogP contribution in [0.25, 0.3) is 11.1 Å². The summed E-state index contributed by atoms with van der Waals surface area (Å²) in [7, 11) is 0. The second kappa shape index (κ2) is 4.53. The third-order valence-electron chi connectivity index (χ3n) is 3.77.